The van der Waals surface area contributed by atoms with Crippen LogP contribution in [-0.2, 0) is 16.0 Å². The number of carbonyl (C=O) groups is 3. The summed E-state index contributed by atoms with van der Waals surface area (Å²) in [4.78, 5) is 54.5. The fourth-order valence-electron chi connectivity index (χ4n) is 5.30. The van der Waals surface area contributed by atoms with E-state index in [1.165, 1.54) is 17.0 Å². The molecule has 0 unspecified atom stereocenters. The molecule has 2 heterocycles. The van der Waals surface area contributed by atoms with Crippen LogP contribution >= 0.6 is 0 Å². The van der Waals surface area contributed by atoms with Crippen LogP contribution in [0.4, 0.5) is 16.2 Å². The zero-order valence-electron chi connectivity index (χ0n) is 20.5. The van der Waals surface area contributed by atoms with Crippen molar-refractivity contribution in [2.75, 3.05) is 18.0 Å². The zero-order chi connectivity index (χ0) is 24.9. The lowest BCUT2D eigenvalue weighted by Gasteiger charge is -2.52. The van der Waals surface area contributed by atoms with E-state index >= 15 is 0 Å². The molecule has 2 aliphatic heterocycles. The Balaban J connectivity index is 2.10. The molecule has 2 atom stereocenters. The number of hydrogen-bond donors (Lipinski definition) is 1. The third-order valence-electron chi connectivity index (χ3n) is 7.05. The fourth-order valence-corrected chi connectivity index (χ4v) is 5.30. The van der Waals surface area contributed by atoms with Gasteiger partial charge in [-0.05, 0) is 30.9 Å². The van der Waals surface area contributed by atoms with E-state index in [4.69, 9.17) is 0 Å². The van der Waals surface area contributed by atoms with Crippen molar-refractivity contribution in [1.29, 1.82) is 0 Å². The van der Waals surface area contributed by atoms with Gasteiger partial charge in [0.05, 0.1) is 11.0 Å². The van der Waals surface area contributed by atoms with Crippen LogP contribution < -0.4 is 10.2 Å². The molecule has 4 amide bonds. The summed E-state index contributed by atoms with van der Waals surface area (Å²) in [6, 6.07) is 3.58. The number of anilines is 1. The molecule has 0 aromatic heterocycles. The van der Waals surface area contributed by atoms with Crippen molar-refractivity contribution >= 4 is 29.2 Å². The molecule has 1 aromatic carbocycles. The number of imide groups is 2. The van der Waals surface area contributed by atoms with E-state index in [1.807, 2.05) is 6.92 Å². The van der Waals surface area contributed by atoms with Crippen molar-refractivity contribution in [3.8, 4) is 0 Å². The van der Waals surface area contributed by atoms with Gasteiger partial charge in [-0.15, -0.1) is 0 Å². The van der Waals surface area contributed by atoms with Gasteiger partial charge in [0, 0.05) is 37.3 Å². The summed E-state index contributed by atoms with van der Waals surface area (Å²) in [5, 5.41) is 13.9. The second kappa shape index (κ2) is 11.0. The van der Waals surface area contributed by atoms with E-state index < -0.39 is 34.2 Å². The molecule has 1 fully saturated rings. The summed E-state index contributed by atoms with van der Waals surface area (Å²) >= 11 is 0. The lowest BCUT2D eigenvalue weighted by atomic mass is 9.67. The molecule has 9 heteroatoms. The summed E-state index contributed by atoms with van der Waals surface area (Å²) < 4.78 is 0. The predicted molar refractivity (Wildman–Crippen MR) is 130 cm³/mol. The molecule has 1 saturated heterocycles. The number of non-ortho nitro benzene ring substituents is 1. The van der Waals surface area contributed by atoms with Gasteiger partial charge in [-0.3, -0.25) is 29.9 Å². The van der Waals surface area contributed by atoms with Crippen molar-refractivity contribution in [2.24, 2.45) is 5.41 Å². The Hall–Kier alpha value is -2.97. The maximum absolute atomic E-state index is 14.0. The van der Waals surface area contributed by atoms with E-state index in [0.717, 1.165) is 44.2 Å². The van der Waals surface area contributed by atoms with Crippen LogP contribution in [0.1, 0.15) is 77.7 Å². The molecule has 1 N–H and O–H groups in total. The van der Waals surface area contributed by atoms with E-state index in [2.05, 4.69) is 24.1 Å². The molecule has 34 heavy (non-hydrogen) atoms. The average molecular weight is 473 g/mol. The SMILES string of the molecule is CCCCCCN1C(=O)NC(=O)[C@@]2(Cc3cc([N+](=O)[O-])ccc3N(CCCC)[C@H]2CCC)C1=O. The third kappa shape index (κ3) is 4.65. The minimum Gasteiger partial charge on any atom is -0.367 e. The van der Waals surface area contributed by atoms with Gasteiger partial charge in [-0.1, -0.05) is 52.9 Å². The van der Waals surface area contributed by atoms with Crippen molar-refractivity contribution < 1.29 is 19.3 Å². The Morgan fingerprint density at radius 1 is 1.03 bits per heavy atom. The summed E-state index contributed by atoms with van der Waals surface area (Å²) in [6.45, 7) is 7.05. The van der Waals surface area contributed by atoms with Crippen LogP contribution in [0.5, 0.6) is 0 Å². The predicted octanol–water partition coefficient (Wildman–Crippen LogP) is 4.57. The van der Waals surface area contributed by atoms with Crippen LogP contribution in [-0.4, -0.2) is 46.8 Å². The van der Waals surface area contributed by atoms with Crippen molar-refractivity contribution in [1.82, 2.24) is 10.2 Å². The first-order valence-corrected chi connectivity index (χ1v) is 12.5. The fraction of sp³-hybridized carbons (Fsp3) is 0.640. The largest absolute Gasteiger partial charge is 0.367 e. The van der Waals surface area contributed by atoms with Gasteiger partial charge >= 0.3 is 6.03 Å². The highest BCUT2D eigenvalue weighted by atomic mass is 16.6. The second-order valence-corrected chi connectivity index (χ2v) is 9.35. The lowest BCUT2D eigenvalue weighted by Crippen LogP contribution is -2.72. The average Bonchev–Trinajstić information content (AvgIpc) is 2.81. The number of fused-ring (bicyclic) bond motifs is 1. The molecule has 0 saturated carbocycles. The van der Waals surface area contributed by atoms with E-state index in [9.17, 15) is 24.5 Å². The molecular formula is C25H36N4O5. The van der Waals surface area contributed by atoms with Gasteiger partial charge in [0.2, 0.25) is 11.8 Å². The molecule has 9 nitrogen and oxygen atoms in total. The van der Waals surface area contributed by atoms with Gasteiger partial charge in [0.25, 0.3) is 5.69 Å². The molecule has 2 aliphatic rings. The molecule has 1 aromatic rings. The topological polar surface area (TPSA) is 113 Å². The van der Waals surface area contributed by atoms with E-state index in [0.29, 0.717) is 24.9 Å². The molecule has 3 rings (SSSR count). The number of barbiturate groups is 1. The normalized spacial score (nSPS) is 22.2. The summed E-state index contributed by atoms with van der Waals surface area (Å²) in [5.41, 5.74) is -0.143. The molecule has 0 bridgehead atoms. The first kappa shape index (κ1) is 25.6. The second-order valence-electron chi connectivity index (χ2n) is 9.35. The number of nitro groups is 1. The summed E-state index contributed by atoms with van der Waals surface area (Å²) in [7, 11) is 0. The third-order valence-corrected chi connectivity index (χ3v) is 7.05. The van der Waals surface area contributed by atoms with Crippen molar-refractivity contribution in [3.05, 3.63) is 33.9 Å². The highest BCUT2D eigenvalue weighted by Crippen LogP contribution is 2.47. The minimum atomic E-state index is -1.50. The number of hydrogen-bond acceptors (Lipinski definition) is 6. The minimum absolute atomic E-state index is 0.0424. The van der Waals surface area contributed by atoms with Crippen LogP contribution in [0.3, 0.4) is 0 Å². The molecule has 0 radical (unpaired) electrons. The van der Waals surface area contributed by atoms with Gasteiger partial charge in [0.15, 0.2) is 5.41 Å². The maximum Gasteiger partial charge on any atom is 0.330 e. The number of amides is 4. The van der Waals surface area contributed by atoms with Crippen LogP contribution in [0.2, 0.25) is 0 Å². The Morgan fingerprint density at radius 3 is 2.41 bits per heavy atom. The molecule has 186 valence electrons. The molecule has 1 spiro atoms. The first-order chi connectivity index (χ1) is 16.3. The number of nitrogens with zero attached hydrogens (tertiary/aromatic N) is 3. The monoisotopic (exact) mass is 472 g/mol. The molecule has 0 aliphatic carbocycles. The Bertz CT molecular complexity index is 949. The van der Waals surface area contributed by atoms with E-state index in [-0.39, 0.29) is 18.7 Å². The Kier molecular flexibility index (Phi) is 8.28. The number of benzene rings is 1. The van der Waals surface area contributed by atoms with E-state index in [1.54, 1.807) is 6.07 Å². The van der Waals surface area contributed by atoms with Crippen LogP contribution in [0, 0.1) is 15.5 Å². The zero-order valence-corrected chi connectivity index (χ0v) is 20.5. The van der Waals surface area contributed by atoms with Gasteiger partial charge in [-0.25, -0.2) is 4.79 Å². The highest BCUT2D eigenvalue weighted by molar-refractivity contribution is 6.20. The summed E-state index contributed by atoms with van der Waals surface area (Å²) in [5.74, 6) is -1.07. The lowest BCUT2D eigenvalue weighted by molar-refractivity contribution is -0.384. The molecular weight excluding hydrogens is 436 g/mol. The number of unbranched alkanes of at least 4 members (excludes halogenated alkanes) is 4. The van der Waals surface area contributed by atoms with Gasteiger partial charge in [-0.2, -0.15) is 0 Å². The van der Waals surface area contributed by atoms with Gasteiger partial charge in [0.1, 0.15) is 0 Å². The number of nitrogens with one attached hydrogen (secondary N) is 1. The Morgan fingerprint density at radius 2 is 1.76 bits per heavy atom. The Labute approximate surface area is 201 Å². The van der Waals surface area contributed by atoms with Crippen molar-refractivity contribution in [3.63, 3.8) is 0 Å². The van der Waals surface area contributed by atoms with Gasteiger partial charge < -0.3 is 4.90 Å². The maximum atomic E-state index is 14.0. The smallest absolute Gasteiger partial charge is 0.330 e. The number of urea groups is 1. The number of nitro benzene ring substituents is 1. The summed E-state index contributed by atoms with van der Waals surface area (Å²) in [6.07, 6.45) is 6.77. The highest BCUT2D eigenvalue weighted by Gasteiger charge is 2.61. The van der Waals surface area contributed by atoms with Crippen LogP contribution in [0.15, 0.2) is 18.2 Å². The van der Waals surface area contributed by atoms with Crippen LogP contribution in [0.25, 0.3) is 0 Å². The quantitative estimate of drug-likeness (QED) is 0.218. The standard InChI is InChI=1S/C25H36N4O5/c1-4-7-9-10-15-28-23(31)25(22(30)26-24(28)32)17-18-16-19(29(33)34)12-13-20(18)27(14-8-5-2)21(25)11-6-3/h12-13,16,21H,4-11,14-15,17H2,1-3H3,(H,26,30,32)/t21-,25-/m0/s1. The number of rotatable bonds is 11. The van der Waals surface area contributed by atoms with Crippen molar-refractivity contribution in [2.45, 2.75) is 84.6 Å². The number of carbonyl (C=O) groups excluding carboxylic acids is 3. The first-order valence-electron chi connectivity index (χ1n) is 12.5.